The lowest BCUT2D eigenvalue weighted by Crippen LogP contribution is -2.54. The molecule has 0 saturated carbocycles. The molecule has 120 valence electrons. The zero-order valence-electron chi connectivity index (χ0n) is 12.8. The van der Waals surface area contributed by atoms with Crippen molar-refractivity contribution in [2.24, 2.45) is 5.92 Å². The van der Waals surface area contributed by atoms with E-state index in [9.17, 15) is 4.79 Å². The first-order valence-corrected chi connectivity index (χ1v) is 11.4. The summed E-state index contributed by atoms with van der Waals surface area (Å²) < 4.78 is 22.2. The molecule has 22 heavy (non-hydrogen) atoms. The van der Waals surface area contributed by atoms with E-state index in [0.29, 0.717) is 13.0 Å². The maximum Gasteiger partial charge on any atom is 0.308 e. The number of halogens is 1. The topological polar surface area (TPSA) is 54.0 Å². The van der Waals surface area contributed by atoms with E-state index in [1.807, 2.05) is 6.08 Å². The van der Waals surface area contributed by atoms with Gasteiger partial charge in [-0.05, 0) is 5.57 Å². The van der Waals surface area contributed by atoms with Crippen molar-refractivity contribution in [3.63, 3.8) is 0 Å². The van der Waals surface area contributed by atoms with Gasteiger partial charge in [0.2, 0.25) is 5.60 Å². The van der Waals surface area contributed by atoms with E-state index in [0.717, 1.165) is 5.57 Å². The van der Waals surface area contributed by atoms with Crippen LogP contribution in [0.5, 0.6) is 0 Å². The summed E-state index contributed by atoms with van der Waals surface area (Å²) in [7, 11) is -1.62. The van der Waals surface area contributed by atoms with Gasteiger partial charge in [0.1, 0.15) is 27.1 Å². The lowest BCUT2D eigenvalue weighted by Gasteiger charge is -2.39. The minimum absolute atomic E-state index is 0.149. The van der Waals surface area contributed by atoms with Gasteiger partial charge in [0.25, 0.3) is 0 Å². The van der Waals surface area contributed by atoms with Gasteiger partial charge >= 0.3 is 5.97 Å². The van der Waals surface area contributed by atoms with E-state index in [1.54, 1.807) is 0 Å². The number of ether oxygens (including phenoxy) is 3. The van der Waals surface area contributed by atoms with Crippen molar-refractivity contribution in [3.05, 3.63) is 11.6 Å². The van der Waals surface area contributed by atoms with Crippen LogP contribution >= 0.6 is 16.3 Å². The van der Waals surface area contributed by atoms with Gasteiger partial charge in [0, 0.05) is 5.92 Å². The number of fused-ring (bicyclic) bond motifs is 3. The van der Waals surface area contributed by atoms with Crippen molar-refractivity contribution < 1.29 is 22.8 Å². The highest BCUT2D eigenvalue weighted by Crippen LogP contribution is 2.48. The number of rotatable bonds is 2. The van der Waals surface area contributed by atoms with Crippen molar-refractivity contribution >= 4 is 30.3 Å². The molecule has 2 saturated heterocycles. The Labute approximate surface area is 139 Å². The van der Waals surface area contributed by atoms with Gasteiger partial charge < -0.3 is 18.0 Å². The molecule has 2 aliphatic heterocycles. The molecule has 4 atom stereocenters. The molecular formula is C15H19BrO5Si. The minimum atomic E-state index is -1.62. The average molecular weight is 387 g/mol. The Morgan fingerprint density at radius 2 is 2.23 bits per heavy atom. The third-order valence-electron chi connectivity index (χ3n) is 4.08. The van der Waals surface area contributed by atoms with Crippen LogP contribution in [0.4, 0.5) is 0 Å². The van der Waals surface area contributed by atoms with Crippen LogP contribution < -0.4 is 0 Å². The molecule has 0 aromatic carbocycles. The molecule has 0 amide bonds. The summed E-state index contributed by atoms with van der Waals surface area (Å²) in [6, 6.07) is 0. The van der Waals surface area contributed by atoms with Crippen LogP contribution in [0.1, 0.15) is 6.42 Å². The smallest absolute Gasteiger partial charge is 0.308 e. The molecule has 0 aromatic rings. The Hall–Kier alpha value is -0.653. The van der Waals surface area contributed by atoms with Gasteiger partial charge in [0.15, 0.2) is 0 Å². The largest absolute Gasteiger partial charge is 0.442 e. The fraction of sp³-hybridized carbons (Fsp3) is 0.667. The maximum absolute atomic E-state index is 12.0. The third-order valence-corrected chi connectivity index (χ3v) is 5.18. The maximum atomic E-state index is 12.0. The summed E-state index contributed by atoms with van der Waals surface area (Å²) >= 11 is 2.99. The number of carbonyl (C=O) groups is 1. The van der Waals surface area contributed by atoms with Gasteiger partial charge in [-0.25, -0.2) is 0 Å². The summed E-state index contributed by atoms with van der Waals surface area (Å²) in [6.07, 6.45) is 1.66. The van der Waals surface area contributed by atoms with E-state index in [-0.39, 0.29) is 30.9 Å². The normalized spacial score (nSPS) is 36.8. The first-order valence-electron chi connectivity index (χ1n) is 7.29. The third kappa shape index (κ3) is 2.79. The van der Waals surface area contributed by atoms with Crippen molar-refractivity contribution in [1.29, 1.82) is 0 Å². The molecule has 0 spiro atoms. The van der Waals surface area contributed by atoms with Crippen molar-refractivity contribution in [2.45, 2.75) is 43.9 Å². The van der Waals surface area contributed by atoms with Gasteiger partial charge in [-0.3, -0.25) is 4.79 Å². The van der Waals surface area contributed by atoms with E-state index in [4.69, 9.17) is 18.0 Å². The highest BCUT2D eigenvalue weighted by Gasteiger charge is 2.61. The van der Waals surface area contributed by atoms with Crippen LogP contribution in [-0.2, 0) is 22.8 Å². The second-order valence-electron chi connectivity index (χ2n) is 6.86. The highest BCUT2D eigenvalue weighted by atomic mass is 79.9. The van der Waals surface area contributed by atoms with Crippen LogP contribution in [0.3, 0.4) is 0 Å². The zero-order valence-corrected chi connectivity index (χ0v) is 15.4. The first kappa shape index (κ1) is 16.2. The first-order chi connectivity index (χ1) is 10.4. The van der Waals surface area contributed by atoms with Crippen LogP contribution in [0.2, 0.25) is 19.6 Å². The number of esters is 1. The summed E-state index contributed by atoms with van der Waals surface area (Å²) in [6.45, 7) is 7.03. The Morgan fingerprint density at radius 3 is 2.91 bits per heavy atom. The van der Waals surface area contributed by atoms with Crippen molar-refractivity contribution in [1.82, 2.24) is 0 Å². The molecule has 0 radical (unpaired) electrons. The minimum Gasteiger partial charge on any atom is -0.442 e. The molecular weight excluding hydrogens is 368 g/mol. The van der Waals surface area contributed by atoms with Gasteiger partial charge in [-0.2, -0.15) is 0 Å². The van der Waals surface area contributed by atoms with Crippen molar-refractivity contribution in [3.8, 4) is 11.5 Å². The molecule has 2 fully saturated rings. The summed E-state index contributed by atoms with van der Waals surface area (Å²) in [5.74, 6) is 2.89. The molecule has 7 heteroatoms. The van der Waals surface area contributed by atoms with E-state index < -0.39 is 13.7 Å². The Kier molecular flexibility index (Phi) is 4.25. The second-order valence-corrected chi connectivity index (χ2v) is 12.1. The predicted molar refractivity (Wildman–Crippen MR) is 85.6 cm³/mol. The molecule has 3 rings (SSSR count). The zero-order chi connectivity index (χ0) is 16.0. The molecule has 5 nitrogen and oxygen atoms in total. The highest BCUT2D eigenvalue weighted by molar-refractivity contribution is 9.06. The number of hydrogen-bond acceptors (Lipinski definition) is 5. The standard InChI is InChI=1S/C15H19BrO5Si/c1-22(2,3)5-4-15-11(7-13(17)21-15)10(8-20-16)6-12-14(15)19-9-18-12/h6,11-12,14H,7-9H2,1-3H3/t11-,12+,14+,15-/m1/s1. The Balaban J connectivity index is 2.07. The SMILES string of the molecule is C[Si](C)(C)C#C[C@@]12OC(=O)C[C@@H]1C(COBr)=C[C@@H]1OCO[C@@H]12. The lowest BCUT2D eigenvalue weighted by molar-refractivity contribution is -0.154. The van der Waals surface area contributed by atoms with Crippen LogP contribution in [0, 0.1) is 17.4 Å². The number of hydrogen-bond donors (Lipinski definition) is 0. The summed E-state index contributed by atoms with van der Waals surface area (Å²) in [4.78, 5) is 12.0. The van der Waals surface area contributed by atoms with Gasteiger partial charge in [0.05, 0.1) is 29.3 Å². The lowest BCUT2D eigenvalue weighted by atomic mass is 9.72. The Bertz CT molecular complexity index is 573. The molecule has 3 aliphatic rings. The van der Waals surface area contributed by atoms with E-state index in [2.05, 4.69) is 47.4 Å². The quantitative estimate of drug-likeness (QED) is 0.315. The molecule has 2 heterocycles. The molecule has 0 aromatic heterocycles. The van der Waals surface area contributed by atoms with Crippen LogP contribution in [0.25, 0.3) is 0 Å². The van der Waals surface area contributed by atoms with E-state index >= 15 is 0 Å². The monoisotopic (exact) mass is 386 g/mol. The Morgan fingerprint density at radius 1 is 1.45 bits per heavy atom. The predicted octanol–water partition coefficient (Wildman–Crippen LogP) is 2.18. The molecule has 0 unspecified atom stereocenters. The fourth-order valence-corrected chi connectivity index (χ4v) is 4.00. The summed E-state index contributed by atoms with van der Waals surface area (Å²) in [5.41, 5.74) is 3.37. The van der Waals surface area contributed by atoms with Gasteiger partial charge in [-0.1, -0.05) is 31.6 Å². The second kappa shape index (κ2) is 5.76. The summed E-state index contributed by atoms with van der Waals surface area (Å²) in [5, 5.41) is 0. The van der Waals surface area contributed by atoms with Crippen LogP contribution in [-0.4, -0.2) is 45.3 Å². The van der Waals surface area contributed by atoms with Gasteiger partial charge in [-0.15, -0.1) is 5.54 Å². The average Bonchev–Trinajstić information content (AvgIpc) is 3.00. The van der Waals surface area contributed by atoms with Crippen molar-refractivity contribution in [2.75, 3.05) is 13.4 Å². The molecule has 0 N–H and O–H groups in total. The number of carbonyl (C=O) groups excluding carboxylic acids is 1. The molecule has 1 aliphatic carbocycles. The van der Waals surface area contributed by atoms with Crippen LogP contribution in [0.15, 0.2) is 11.6 Å². The fourth-order valence-electron chi connectivity index (χ4n) is 3.17. The molecule has 0 bridgehead atoms. The van der Waals surface area contributed by atoms with E-state index in [1.165, 1.54) is 0 Å².